The van der Waals surface area contributed by atoms with Crippen molar-refractivity contribution in [2.45, 2.75) is 0 Å². The molecule has 0 saturated carbocycles. The van der Waals surface area contributed by atoms with Crippen molar-refractivity contribution in [1.29, 1.82) is 0 Å². The lowest BCUT2D eigenvalue weighted by Crippen LogP contribution is -2.11. The number of fused-ring (bicyclic) bond motifs is 11. The normalized spacial score (nSPS) is 12.0. The van der Waals surface area contributed by atoms with Gasteiger partial charge in [0.1, 0.15) is 22.3 Å². The summed E-state index contributed by atoms with van der Waals surface area (Å²) in [6.45, 7) is 0. The fraction of sp³-hybridized carbons (Fsp3) is 0. The predicted molar refractivity (Wildman–Crippen MR) is 208 cm³/mol. The van der Waals surface area contributed by atoms with Crippen LogP contribution in [-0.4, -0.2) is 4.57 Å². The van der Waals surface area contributed by atoms with E-state index in [4.69, 9.17) is 8.83 Å². The quantitative estimate of drug-likeness (QED) is 0.192. The van der Waals surface area contributed by atoms with Crippen molar-refractivity contribution < 1.29 is 8.83 Å². The molecule has 11 aromatic rings. The Morgan fingerprint density at radius 3 is 1.90 bits per heavy atom. The number of anilines is 3. The van der Waals surface area contributed by atoms with Gasteiger partial charge in [0.15, 0.2) is 0 Å². The Bertz CT molecular complexity index is 3110. The second-order valence-electron chi connectivity index (χ2n) is 12.9. The van der Waals surface area contributed by atoms with Crippen molar-refractivity contribution in [3.05, 3.63) is 170 Å². The molecule has 0 saturated heterocycles. The first-order valence-electron chi connectivity index (χ1n) is 16.9. The summed E-state index contributed by atoms with van der Waals surface area (Å²) in [7, 11) is 0. The number of rotatable bonds is 4. The van der Waals surface area contributed by atoms with Crippen molar-refractivity contribution in [3.63, 3.8) is 0 Å². The highest BCUT2D eigenvalue weighted by Crippen LogP contribution is 2.46. The minimum atomic E-state index is 0.858. The molecule has 0 fully saturated rings. The van der Waals surface area contributed by atoms with Crippen LogP contribution in [0, 0.1) is 0 Å². The van der Waals surface area contributed by atoms with E-state index in [9.17, 15) is 0 Å². The third-order valence-electron chi connectivity index (χ3n) is 10.1. The summed E-state index contributed by atoms with van der Waals surface area (Å²) in [6, 6.07) is 60.2. The van der Waals surface area contributed by atoms with E-state index >= 15 is 0 Å². The summed E-state index contributed by atoms with van der Waals surface area (Å²) in [5.41, 5.74) is 10.1. The molecule has 3 aromatic heterocycles. The van der Waals surface area contributed by atoms with Gasteiger partial charge in [-0.3, -0.25) is 0 Å². The SMILES string of the molecule is c1ccc(-n2c3ccccc3c3cccc(N(c4ccc5c(ccc6oc7ccccc7c65)c4)c4ccc5c(c4)oc4ccccc45)c32)cc1. The first kappa shape index (κ1) is 27.2. The van der Waals surface area contributed by atoms with E-state index in [1.807, 2.05) is 24.3 Å². The Morgan fingerprint density at radius 1 is 0.400 bits per heavy atom. The molecule has 0 atom stereocenters. The number of nitrogens with zero attached hydrogens (tertiary/aromatic N) is 2. The fourth-order valence-corrected chi connectivity index (χ4v) is 7.99. The van der Waals surface area contributed by atoms with Crippen molar-refractivity contribution >= 4 is 93.5 Å². The molecule has 234 valence electrons. The largest absolute Gasteiger partial charge is 0.456 e. The molecule has 50 heavy (non-hydrogen) atoms. The summed E-state index contributed by atoms with van der Waals surface area (Å²) < 4.78 is 15.1. The molecule has 0 bridgehead atoms. The Morgan fingerprint density at radius 2 is 1.04 bits per heavy atom. The standard InChI is InChI=1S/C46H28N2O2/c1-2-11-30(12-3-1)48-39-17-7-4-13-34(39)37-16-10-18-40(46(37)48)47(32-23-25-36-35-14-5-8-19-41(35)50-44(36)28-32)31-22-24-33-29(27-31)21-26-43-45(33)38-15-6-9-20-42(38)49-43/h1-28H. The molecule has 0 aliphatic heterocycles. The molecule has 8 aromatic carbocycles. The highest BCUT2D eigenvalue weighted by atomic mass is 16.3. The highest BCUT2D eigenvalue weighted by molar-refractivity contribution is 6.20. The molecule has 0 aliphatic rings. The zero-order valence-electron chi connectivity index (χ0n) is 26.9. The monoisotopic (exact) mass is 640 g/mol. The summed E-state index contributed by atoms with van der Waals surface area (Å²) in [6.07, 6.45) is 0. The third-order valence-corrected chi connectivity index (χ3v) is 10.1. The van der Waals surface area contributed by atoms with Gasteiger partial charge in [-0.2, -0.15) is 0 Å². The lowest BCUT2D eigenvalue weighted by Gasteiger charge is -2.27. The number of furan rings is 2. The van der Waals surface area contributed by atoms with Gasteiger partial charge in [0.25, 0.3) is 0 Å². The Labute approximate surface area is 286 Å². The second kappa shape index (κ2) is 10.4. The van der Waals surface area contributed by atoms with E-state index in [1.54, 1.807) is 0 Å². The highest BCUT2D eigenvalue weighted by Gasteiger charge is 2.23. The molecule has 0 spiro atoms. The summed E-state index contributed by atoms with van der Waals surface area (Å²) in [4.78, 5) is 2.38. The van der Waals surface area contributed by atoms with Gasteiger partial charge in [0.2, 0.25) is 0 Å². The molecule has 4 nitrogen and oxygen atoms in total. The number of aromatic nitrogens is 1. The number of para-hydroxylation sites is 5. The maximum Gasteiger partial charge on any atom is 0.137 e. The van der Waals surface area contributed by atoms with Gasteiger partial charge in [-0.05, 0) is 77.5 Å². The van der Waals surface area contributed by atoms with E-state index in [2.05, 4.69) is 155 Å². The Balaban J connectivity index is 1.23. The van der Waals surface area contributed by atoms with Gasteiger partial charge in [-0.25, -0.2) is 0 Å². The van der Waals surface area contributed by atoms with E-state index in [1.165, 1.54) is 21.7 Å². The second-order valence-corrected chi connectivity index (χ2v) is 12.9. The van der Waals surface area contributed by atoms with Crippen LogP contribution in [0.25, 0.3) is 82.1 Å². The maximum absolute atomic E-state index is 6.45. The van der Waals surface area contributed by atoms with Gasteiger partial charge >= 0.3 is 0 Å². The topological polar surface area (TPSA) is 34.5 Å². The summed E-state index contributed by atoms with van der Waals surface area (Å²) in [5, 5.41) is 9.23. The summed E-state index contributed by atoms with van der Waals surface area (Å²) in [5.74, 6) is 0. The van der Waals surface area contributed by atoms with Crippen LogP contribution in [0.1, 0.15) is 0 Å². The van der Waals surface area contributed by atoms with Gasteiger partial charge in [0, 0.05) is 55.4 Å². The zero-order chi connectivity index (χ0) is 32.8. The van der Waals surface area contributed by atoms with Crippen LogP contribution < -0.4 is 4.90 Å². The average Bonchev–Trinajstić information content (AvgIpc) is 3.85. The third kappa shape index (κ3) is 3.87. The molecule has 3 heterocycles. The molecule has 0 radical (unpaired) electrons. The van der Waals surface area contributed by atoms with Crippen molar-refractivity contribution in [3.8, 4) is 5.69 Å². The minimum absolute atomic E-state index is 0.858. The van der Waals surface area contributed by atoms with Crippen LogP contribution in [0.15, 0.2) is 179 Å². The lowest BCUT2D eigenvalue weighted by molar-refractivity contribution is 0.668. The van der Waals surface area contributed by atoms with Crippen LogP contribution in [0.4, 0.5) is 17.1 Å². The molecule has 0 N–H and O–H groups in total. The van der Waals surface area contributed by atoms with Crippen molar-refractivity contribution in [1.82, 2.24) is 4.57 Å². The number of hydrogen-bond acceptors (Lipinski definition) is 3. The maximum atomic E-state index is 6.45. The molecule has 11 rings (SSSR count). The van der Waals surface area contributed by atoms with E-state index in [-0.39, 0.29) is 0 Å². The first-order valence-corrected chi connectivity index (χ1v) is 16.9. The van der Waals surface area contributed by atoms with E-state index < -0.39 is 0 Å². The van der Waals surface area contributed by atoms with Gasteiger partial charge < -0.3 is 18.3 Å². The van der Waals surface area contributed by atoms with Crippen LogP contribution >= 0.6 is 0 Å². The van der Waals surface area contributed by atoms with Crippen LogP contribution in [-0.2, 0) is 0 Å². The predicted octanol–water partition coefficient (Wildman–Crippen LogP) is 13.2. The van der Waals surface area contributed by atoms with Gasteiger partial charge in [-0.1, -0.05) is 97.1 Å². The van der Waals surface area contributed by atoms with Gasteiger partial charge in [0.05, 0.1) is 16.7 Å². The molecular weight excluding hydrogens is 613 g/mol. The zero-order valence-corrected chi connectivity index (χ0v) is 26.9. The molecule has 0 aliphatic carbocycles. The minimum Gasteiger partial charge on any atom is -0.456 e. The van der Waals surface area contributed by atoms with Crippen LogP contribution in [0.2, 0.25) is 0 Å². The first-order chi connectivity index (χ1) is 24.8. The Kier molecular flexibility index (Phi) is 5.63. The van der Waals surface area contributed by atoms with E-state index in [0.29, 0.717) is 0 Å². The number of benzene rings is 8. The molecule has 0 unspecified atom stereocenters. The van der Waals surface area contributed by atoms with Crippen molar-refractivity contribution in [2.75, 3.05) is 4.90 Å². The van der Waals surface area contributed by atoms with E-state index in [0.717, 1.165) is 77.5 Å². The fourth-order valence-electron chi connectivity index (χ4n) is 7.99. The average molecular weight is 641 g/mol. The Hall–Kier alpha value is -6.78. The molecule has 4 heteroatoms. The molecule has 0 amide bonds. The molecular formula is C46H28N2O2. The van der Waals surface area contributed by atoms with Crippen LogP contribution in [0.3, 0.4) is 0 Å². The lowest BCUT2D eigenvalue weighted by atomic mass is 10.0. The number of hydrogen-bond donors (Lipinski definition) is 0. The smallest absolute Gasteiger partial charge is 0.137 e. The van der Waals surface area contributed by atoms with Crippen LogP contribution in [0.5, 0.6) is 0 Å². The van der Waals surface area contributed by atoms with Gasteiger partial charge in [-0.15, -0.1) is 0 Å². The van der Waals surface area contributed by atoms with Crippen molar-refractivity contribution in [2.24, 2.45) is 0 Å². The summed E-state index contributed by atoms with van der Waals surface area (Å²) >= 11 is 0.